The first-order valence-electron chi connectivity index (χ1n) is 9.18. The molecule has 0 spiro atoms. The van der Waals surface area contributed by atoms with Gasteiger partial charge < -0.3 is 10.6 Å². The molecular formula is C19H27N5O. The van der Waals surface area contributed by atoms with E-state index in [1.165, 1.54) is 5.56 Å². The van der Waals surface area contributed by atoms with Crippen LogP contribution in [0, 0.1) is 0 Å². The minimum absolute atomic E-state index is 0.202. The maximum Gasteiger partial charge on any atom is 0.270 e. The van der Waals surface area contributed by atoms with Crippen molar-refractivity contribution in [2.45, 2.75) is 38.4 Å². The van der Waals surface area contributed by atoms with E-state index >= 15 is 0 Å². The van der Waals surface area contributed by atoms with E-state index in [1.54, 1.807) is 0 Å². The zero-order chi connectivity index (χ0) is 17.4. The molecule has 134 valence electrons. The lowest BCUT2D eigenvalue weighted by Gasteiger charge is -2.29. The first kappa shape index (κ1) is 16.4. The second-order valence-corrected chi connectivity index (χ2v) is 7.48. The summed E-state index contributed by atoms with van der Waals surface area (Å²) in [6.45, 7) is 4.71. The van der Waals surface area contributed by atoms with Gasteiger partial charge in [0.15, 0.2) is 0 Å². The zero-order valence-corrected chi connectivity index (χ0v) is 14.9. The van der Waals surface area contributed by atoms with Gasteiger partial charge in [-0.1, -0.05) is 12.1 Å². The molecule has 1 saturated heterocycles. The molecule has 1 fully saturated rings. The predicted molar refractivity (Wildman–Crippen MR) is 99.5 cm³/mol. The van der Waals surface area contributed by atoms with Crippen LogP contribution in [0.4, 0.5) is 5.69 Å². The fourth-order valence-electron chi connectivity index (χ4n) is 4.09. The molecule has 6 heteroatoms. The molecule has 0 unspecified atom stereocenters. The van der Waals surface area contributed by atoms with Crippen LogP contribution in [0.2, 0.25) is 0 Å². The Balaban J connectivity index is 1.50. The number of aromatic nitrogens is 2. The third-order valence-electron chi connectivity index (χ3n) is 5.57. The molecule has 3 heterocycles. The molecule has 25 heavy (non-hydrogen) atoms. The van der Waals surface area contributed by atoms with E-state index in [0.717, 1.165) is 68.9 Å². The Labute approximate surface area is 148 Å². The van der Waals surface area contributed by atoms with Crippen LogP contribution in [0.15, 0.2) is 29.1 Å². The highest BCUT2D eigenvalue weighted by Gasteiger charge is 2.26. The molecule has 2 aliphatic heterocycles. The van der Waals surface area contributed by atoms with Crippen LogP contribution in [-0.4, -0.2) is 46.3 Å². The van der Waals surface area contributed by atoms with Gasteiger partial charge in [-0.25, -0.2) is 4.68 Å². The van der Waals surface area contributed by atoms with Gasteiger partial charge in [-0.05, 0) is 57.1 Å². The van der Waals surface area contributed by atoms with Crippen molar-refractivity contribution in [2.24, 2.45) is 0 Å². The summed E-state index contributed by atoms with van der Waals surface area (Å²) in [7, 11) is 2.15. The number of nitrogens with two attached hydrogens (primary N) is 1. The van der Waals surface area contributed by atoms with Crippen LogP contribution < -0.4 is 11.3 Å². The SMILES string of the molecule is CN1CCC(n2[nH]c3c(c2=O)CCN(Cc2cccc(N)c2)C3)CC1. The molecule has 0 aliphatic carbocycles. The van der Waals surface area contributed by atoms with Gasteiger partial charge in [-0.15, -0.1) is 0 Å². The average Bonchev–Trinajstić information content (AvgIpc) is 2.92. The Morgan fingerprint density at radius 3 is 2.80 bits per heavy atom. The second-order valence-electron chi connectivity index (χ2n) is 7.48. The molecule has 1 aromatic carbocycles. The highest BCUT2D eigenvalue weighted by atomic mass is 16.1. The van der Waals surface area contributed by atoms with Crippen LogP contribution >= 0.6 is 0 Å². The third kappa shape index (κ3) is 3.37. The lowest BCUT2D eigenvalue weighted by Crippen LogP contribution is -2.35. The van der Waals surface area contributed by atoms with Crippen molar-refractivity contribution in [3.8, 4) is 0 Å². The molecule has 6 nitrogen and oxygen atoms in total. The number of aromatic amines is 1. The van der Waals surface area contributed by atoms with Gasteiger partial charge in [0, 0.05) is 30.9 Å². The molecule has 2 aromatic rings. The van der Waals surface area contributed by atoms with Gasteiger partial charge >= 0.3 is 0 Å². The molecule has 0 radical (unpaired) electrons. The van der Waals surface area contributed by atoms with E-state index < -0.39 is 0 Å². The highest BCUT2D eigenvalue weighted by Crippen LogP contribution is 2.23. The minimum atomic E-state index is 0.202. The summed E-state index contributed by atoms with van der Waals surface area (Å²) in [5.41, 5.74) is 10.2. The maximum atomic E-state index is 12.8. The fraction of sp³-hybridized carbons (Fsp3) is 0.526. The van der Waals surface area contributed by atoms with Crippen molar-refractivity contribution in [2.75, 3.05) is 32.4 Å². The molecular weight excluding hydrogens is 314 g/mol. The summed E-state index contributed by atoms with van der Waals surface area (Å²) in [5, 5.41) is 3.43. The topological polar surface area (TPSA) is 70.3 Å². The first-order valence-corrected chi connectivity index (χ1v) is 9.18. The van der Waals surface area contributed by atoms with Gasteiger partial charge in [0.05, 0.1) is 11.7 Å². The summed E-state index contributed by atoms with van der Waals surface area (Å²) in [5.74, 6) is 0. The van der Waals surface area contributed by atoms with Gasteiger partial charge in [0.2, 0.25) is 0 Å². The fourth-order valence-corrected chi connectivity index (χ4v) is 4.09. The molecule has 1 aromatic heterocycles. The van der Waals surface area contributed by atoms with Crippen molar-refractivity contribution in [1.29, 1.82) is 0 Å². The summed E-state index contributed by atoms with van der Waals surface area (Å²) < 4.78 is 1.90. The van der Waals surface area contributed by atoms with Gasteiger partial charge in [0.1, 0.15) is 0 Å². The summed E-state index contributed by atoms with van der Waals surface area (Å²) in [6, 6.07) is 8.37. The Hall–Kier alpha value is -2.05. The zero-order valence-electron chi connectivity index (χ0n) is 14.9. The van der Waals surface area contributed by atoms with Gasteiger partial charge in [0.25, 0.3) is 5.56 Å². The Morgan fingerprint density at radius 1 is 1.24 bits per heavy atom. The summed E-state index contributed by atoms with van der Waals surface area (Å²) in [6.07, 6.45) is 2.91. The normalized spacial score (nSPS) is 19.9. The molecule has 3 N–H and O–H groups in total. The lowest BCUT2D eigenvalue weighted by atomic mass is 10.1. The van der Waals surface area contributed by atoms with Crippen molar-refractivity contribution in [3.63, 3.8) is 0 Å². The van der Waals surface area contributed by atoms with E-state index in [-0.39, 0.29) is 5.56 Å². The molecule has 0 saturated carbocycles. The van der Waals surface area contributed by atoms with Crippen LogP contribution in [0.25, 0.3) is 0 Å². The largest absolute Gasteiger partial charge is 0.399 e. The summed E-state index contributed by atoms with van der Waals surface area (Å²) in [4.78, 5) is 17.5. The van der Waals surface area contributed by atoms with Crippen molar-refractivity contribution < 1.29 is 0 Å². The Morgan fingerprint density at radius 2 is 2.04 bits per heavy atom. The second kappa shape index (κ2) is 6.69. The minimum Gasteiger partial charge on any atom is -0.399 e. The summed E-state index contributed by atoms with van der Waals surface area (Å²) >= 11 is 0. The smallest absolute Gasteiger partial charge is 0.270 e. The maximum absolute atomic E-state index is 12.8. The number of benzene rings is 1. The van der Waals surface area contributed by atoms with E-state index in [2.05, 4.69) is 28.0 Å². The van der Waals surface area contributed by atoms with Crippen LogP contribution in [0.3, 0.4) is 0 Å². The molecule has 4 rings (SSSR count). The Bertz CT molecular complexity index is 800. The molecule has 0 atom stereocenters. The van der Waals surface area contributed by atoms with E-state index in [4.69, 9.17) is 5.73 Å². The monoisotopic (exact) mass is 341 g/mol. The van der Waals surface area contributed by atoms with Crippen LogP contribution in [-0.2, 0) is 19.5 Å². The van der Waals surface area contributed by atoms with Crippen molar-refractivity contribution >= 4 is 5.69 Å². The number of nitrogen functional groups attached to an aromatic ring is 1. The van der Waals surface area contributed by atoms with Crippen LogP contribution in [0.5, 0.6) is 0 Å². The number of anilines is 1. The highest BCUT2D eigenvalue weighted by molar-refractivity contribution is 5.40. The number of nitrogens with zero attached hydrogens (tertiary/aromatic N) is 3. The lowest BCUT2D eigenvalue weighted by molar-refractivity contribution is 0.208. The van der Waals surface area contributed by atoms with Crippen molar-refractivity contribution in [1.82, 2.24) is 19.6 Å². The number of nitrogens with one attached hydrogen (secondary N) is 1. The number of hydrogen-bond acceptors (Lipinski definition) is 4. The van der Waals surface area contributed by atoms with E-state index in [0.29, 0.717) is 6.04 Å². The number of piperidine rings is 1. The van der Waals surface area contributed by atoms with E-state index in [9.17, 15) is 4.79 Å². The number of hydrogen-bond donors (Lipinski definition) is 2. The Kier molecular flexibility index (Phi) is 4.39. The molecule has 0 amide bonds. The number of H-pyrrole nitrogens is 1. The first-order chi connectivity index (χ1) is 12.1. The van der Waals surface area contributed by atoms with Crippen molar-refractivity contribution in [3.05, 3.63) is 51.4 Å². The number of likely N-dealkylation sites (tertiary alicyclic amines) is 1. The standard InChI is InChI=1S/C19H27N5O/c1-22-8-5-16(6-9-22)24-19(25)17-7-10-23(13-18(17)21-24)12-14-3-2-4-15(20)11-14/h2-4,11,16,21H,5-10,12-13,20H2,1H3. The number of rotatable bonds is 3. The van der Waals surface area contributed by atoms with Crippen LogP contribution in [0.1, 0.15) is 35.7 Å². The van der Waals surface area contributed by atoms with E-state index in [1.807, 2.05) is 22.9 Å². The van der Waals surface area contributed by atoms with Gasteiger partial charge in [-0.2, -0.15) is 0 Å². The number of fused-ring (bicyclic) bond motifs is 1. The molecule has 2 aliphatic rings. The van der Waals surface area contributed by atoms with Gasteiger partial charge in [-0.3, -0.25) is 14.8 Å². The third-order valence-corrected chi connectivity index (χ3v) is 5.57. The molecule has 0 bridgehead atoms. The quantitative estimate of drug-likeness (QED) is 0.832. The average molecular weight is 341 g/mol. The predicted octanol–water partition coefficient (Wildman–Crippen LogP) is 1.58.